The summed E-state index contributed by atoms with van der Waals surface area (Å²) in [7, 11) is 0. The monoisotopic (exact) mass is 383 g/mol. The quantitative estimate of drug-likeness (QED) is 0.718. The maximum Gasteiger partial charge on any atom is 0.165 e. The van der Waals surface area contributed by atoms with Crippen molar-refractivity contribution in [3.63, 3.8) is 0 Å². The predicted octanol–water partition coefficient (Wildman–Crippen LogP) is 4.54. The average Bonchev–Trinajstić information content (AvgIpc) is 3.23. The molecule has 0 amide bonds. The Labute approximate surface area is 157 Å². The molecule has 25 heavy (non-hydrogen) atoms. The van der Waals surface area contributed by atoms with E-state index in [2.05, 4.69) is 24.8 Å². The molecule has 0 atom stereocenters. The number of aromatic nitrogens is 4. The molecule has 4 rings (SSSR count). The molecule has 0 spiro atoms. The van der Waals surface area contributed by atoms with Crippen LogP contribution < -0.4 is 5.32 Å². The first-order chi connectivity index (χ1) is 11.3. The molecule has 0 saturated heterocycles. The number of benzene rings is 1. The fourth-order valence-corrected chi connectivity index (χ4v) is 3.22. The topological polar surface area (TPSA) is 55.6 Å². The Bertz CT molecular complexity index is 816. The lowest BCUT2D eigenvalue weighted by Crippen LogP contribution is -2.06. The molecular weight excluding hydrogens is 364 g/mol. The van der Waals surface area contributed by atoms with Gasteiger partial charge in [0.15, 0.2) is 11.5 Å². The molecule has 1 fully saturated rings. The van der Waals surface area contributed by atoms with E-state index in [-0.39, 0.29) is 30.6 Å². The highest BCUT2D eigenvalue weighted by Gasteiger charge is 2.20. The minimum absolute atomic E-state index is 0. The second kappa shape index (κ2) is 8.45. The minimum Gasteiger partial charge on any atom is -0.364 e. The van der Waals surface area contributed by atoms with Crippen molar-refractivity contribution >= 4 is 41.8 Å². The molecule has 1 aliphatic carbocycles. The zero-order chi connectivity index (χ0) is 15.6. The molecule has 0 unspecified atom stereocenters. The Morgan fingerprint density at radius 2 is 1.76 bits per heavy atom. The van der Waals surface area contributed by atoms with E-state index in [1.807, 2.05) is 6.33 Å². The van der Waals surface area contributed by atoms with E-state index in [9.17, 15) is 4.39 Å². The number of hydrogen-bond acceptors (Lipinski definition) is 4. The van der Waals surface area contributed by atoms with Crippen molar-refractivity contribution in [2.75, 3.05) is 5.32 Å². The van der Waals surface area contributed by atoms with Crippen molar-refractivity contribution in [3.8, 4) is 0 Å². The number of anilines is 1. The van der Waals surface area contributed by atoms with Crippen LogP contribution >= 0.6 is 24.8 Å². The van der Waals surface area contributed by atoms with E-state index in [4.69, 9.17) is 0 Å². The van der Waals surface area contributed by atoms with E-state index in [0.29, 0.717) is 12.6 Å². The number of halogens is 3. The van der Waals surface area contributed by atoms with Crippen LogP contribution in [0.3, 0.4) is 0 Å². The van der Waals surface area contributed by atoms with Crippen LogP contribution in [0.5, 0.6) is 0 Å². The number of imidazole rings is 1. The molecule has 134 valence electrons. The molecule has 1 aliphatic rings. The summed E-state index contributed by atoms with van der Waals surface area (Å²) in [5, 5.41) is 3.28. The molecule has 5 nitrogen and oxygen atoms in total. The highest BCUT2D eigenvalue weighted by molar-refractivity contribution is 5.85. The average molecular weight is 384 g/mol. The number of fused-ring (bicyclic) bond motifs is 1. The van der Waals surface area contributed by atoms with E-state index >= 15 is 0 Å². The lowest BCUT2D eigenvalue weighted by molar-refractivity contribution is 0.529. The summed E-state index contributed by atoms with van der Waals surface area (Å²) >= 11 is 0. The van der Waals surface area contributed by atoms with Crippen LogP contribution in [0, 0.1) is 5.82 Å². The first-order valence-electron chi connectivity index (χ1n) is 7.97. The molecule has 1 N–H and O–H groups in total. The molecule has 0 bridgehead atoms. The van der Waals surface area contributed by atoms with Gasteiger partial charge in [-0.3, -0.25) is 0 Å². The first kappa shape index (κ1) is 19.4. The minimum atomic E-state index is -0.228. The van der Waals surface area contributed by atoms with Gasteiger partial charge in [0.05, 0.1) is 6.33 Å². The van der Waals surface area contributed by atoms with Gasteiger partial charge in [0, 0.05) is 12.6 Å². The summed E-state index contributed by atoms with van der Waals surface area (Å²) in [6.45, 7) is 0.572. The lowest BCUT2D eigenvalue weighted by Gasteiger charge is -2.11. The van der Waals surface area contributed by atoms with Crippen molar-refractivity contribution < 1.29 is 4.39 Å². The van der Waals surface area contributed by atoms with Crippen molar-refractivity contribution in [1.29, 1.82) is 0 Å². The van der Waals surface area contributed by atoms with E-state index < -0.39 is 0 Å². The molecule has 0 aliphatic heterocycles. The maximum absolute atomic E-state index is 13.0. The Kier molecular flexibility index (Phi) is 6.56. The Hall–Kier alpha value is -1.92. The van der Waals surface area contributed by atoms with E-state index in [0.717, 1.165) is 22.5 Å². The normalized spacial score (nSPS) is 14.1. The van der Waals surface area contributed by atoms with Crippen molar-refractivity contribution in [1.82, 2.24) is 19.5 Å². The Morgan fingerprint density at radius 1 is 1.04 bits per heavy atom. The Balaban J connectivity index is 0.00000113. The van der Waals surface area contributed by atoms with Gasteiger partial charge >= 0.3 is 0 Å². The molecule has 8 heteroatoms. The zero-order valence-corrected chi connectivity index (χ0v) is 15.2. The van der Waals surface area contributed by atoms with Crippen molar-refractivity contribution in [2.45, 2.75) is 38.3 Å². The summed E-state index contributed by atoms with van der Waals surface area (Å²) in [6.07, 6.45) is 8.36. The SMILES string of the molecule is Cl.Cl.Fc1ccc(CNc2ncnc3c2ncn3C2CCCC2)cc1. The smallest absolute Gasteiger partial charge is 0.165 e. The fraction of sp³-hybridized carbons (Fsp3) is 0.353. The largest absolute Gasteiger partial charge is 0.364 e. The summed E-state index contributed by atoms with van der Waals surface area (Å²) in [5.74, 6) is 0.490. The molecule has 3 aromatic rings. The van der Waals surface area contributed by atoms with Crippen LogP contribution in [-0.4, -0.2) is 19.5 Å². The highest BCUT2D eigenvalue weighted by Crippen LogP contribution is 2.32. The van der Waals surface area contributed by atoms with Gasteiger partial charge in [-0.1, -0.05) is 25.0 Å². The number of hydrogen-bond donors (Lipinski definition) is 1. The second-order valence-corrected chi connectivity index (χ2v) is 5.96. The fourth-order valence-electron chi connectivity index (χ4n) is 3.22. The molecule has 1 aromatic carbocycles. The Morgan fingerprint density at radius 3 is 2.48 bits per heavy atom. The van der Waals surface area contributed by atoms with Gasteiger partial charge in [-0.15, -0.1) is 24.8 Å². The molecule has 0 radical (unpaired) electrons. The van der Waals surface area contributed by atoms with E-state index in [1.165, 1.54) is 37.8 Å². The lowest BCUT2D eigenvalue weighted by atomic mass is 10.2. The van der Waals surface area contributed by atoms with Crippen LogP contribution in [-0.2, 0) is 6.54 Å². The van der Waals surface area contributed by atoms with E-state index in [1.54, 1.807) is 18.5 Å². The summed E-state index contributed by atoms with van der Waals surface area (Å²) < 4.78 is 15.1. The van der Waals surface area contributed by atoms with Crippen molar-refractivity contribution in [2.24, 2.45) is 0 Å². The molecule has 1 saturated carbocycles. The zero-order valence-electron chi connectivity index (χ0n) is 13.6. The number of nitrogens with one attached hydrogen (secondary N) is 1. The standard InChI is InChI=1S/C17H18FN5.2ClH/c18-13-7-5-12(6-8-13)9-19-16-15-17(21-10-20-16)23(11-22-15)14-3-1-2-4-14;;/h5-8,10-11,14H,1-4,9H2,(H,19,20,21);2*1H. The van der Waals surface area contributed by atoms with Crippen LogP contribution in [0.15, 0.2) is 36.9 Å². The van der Waals surface area contributed by atoms with Crippen LogP contribution in [0.25, 0.3) is 11.2 Å². The van der Waals surface area contributed by atoms with Gasteiger partial charge in [0.1, 0.15) is 17.7 Å². The van der Waals surface area contributed by atoms with Crippen LogP contribution in [0.1, 0.15) is 37.3 Å². The number of rotatable bonds is 4. The van der Waals surface area contributed by atoms with Gasteiger partial charge < -0.3 is 9.88 Å². The van der Waals surface area contributed by atoms with Crippen molar-refractivity contribution in [3.05, 3.63) is 48.3 Å². The third kappa shape index (κ3) is 4.02. The summed E-state index contributed by atoms with van der Waals surface area (Å²) in [6, 6.07) is 6.94. The first-order valence-corrected chi connectivity index (χ1v) is 7.97. The third-order valence-electron chi connectivity index (χ3n) is 4.45. The van der Waals surface area contributed by atoms with Gasteiger partial charge in [-0.2, -0.15) is 0 Å². The van der Waals surface area contributed by atoms with Crippen LogP contribution in [0.2, 0.25) is 0 Å². The molecular formula is C17H20Cl2FN5. The van der Waals surface area contributed by atoms with Crippen LogP contribution in [0.4, 0.5) is 10.2 Å². The molecule has 2 heterocycles. The third-order valence-corrected chi connectivity index (χ3v) is 4.45. The highest BCUT2D eigenvalue weighted by atomic mass is 35.5. The van der Waals surface area contributed by atoms with Gasteiger partial charge in [0.25, 0.3) is 0 Å². The summed E-state index contributed by atoms with van der Waals surface area (Å²) in [4.78, 5) is 13.2. The summed E-state index contributed by atoms with van der Waals surface area (Å²) in [5.41, 5.74) is 2.67. The number of nitrogens with zero attached hydrogens (tertiary/aromatic N) is 4. The predicted molar refractivity (Wildman–Crippen MR) is 101 cm³/mol. The second-order valence-electron chi connectivity index (χ2n) is 5.96. The van der Waals surface area contributed by atoms with Gasteiger partial charge in [-0.25, -0.2) is 19.3 Å². The van der Waals surface area contributed by atoms with Gasteiger partial charge in [0.2, 0.25) is 0 Å². The maximum atomic E-state index is 13.0. The van der Waals surface area contributed by atoms with Gasteiger partial charge in [-0.05, 0) is 30.5 Å². The molecule has 2 aromatic heterocycles.